The fourth-order valence-electron chi connectivity index (χ4n) is 1.33. The minimum atomic E-state index is -0.434. The van der Waals surface area contributed by atoms with E-state index in [0.29, 0.717) is 12.4 Å². The SMILES string of the molecule is CCCCOCC(O)CSc1ccc(N)cc1Br. The Morgan fingerprint density at radius 2 is 2.28 bits per heavy atom. The lowest BCUT2D eigenvalue weighted by Crippen LogP contribution is -2.18. The molecule has 3 N–H and O–H groups in total. The van der Waals surface area contributed by atoms with Crippen LogP contribution in [0.25, 0.3) is 0 Å². The van der Waals surface area contributed by atoms with Crippen molar-refractivity contribution in [1.82, 2.24) is 0 Å². The third kappa shape index (κ3) is 6.09. The van der Waals surface area contributed by atoms with Crippen LogP contribution in [0, 0.1) is 0 Å². The Labute approximate surface area is 121 Å². The number of aliphatic hydroxyl groups excluding tert-OH is 1. The zero-order valence-corrected chi connectivity index (χ0v) is 13.0. The highest BCUT2D eigenvalue weighted by Crippen LogP contribution is 2.29. The molecule has 0 aromatic heterocycles. The van der Waals surface area contributed by atoms with Crippen LogP contribution in [0.3, 0.4) is 0 Å². The third-order valence-electron chi connectivity index (χ3n) is 2.34. The lowest BCUT2D eigenvalue weighted by Gasteiger charge is -2.11. The second-order valence-electron chi connectivity index (χ2n) is 4.08. The van der Waals surface area contributed by atoms with E-state index in [-0.39, 0.29) is 0 Å². The van der Waals surface area contributed by atoms with Gasteiger partial charge >= 0.3 is 0 Å². The van der Waals surface area contributed by atoms with Crippen LogP contribution in [0.4, 0.5) is 5.69 Å². The number of halogens is 1. The van der Waals surface area contributed by atoms with E-state index >= 15 is 0 Å². The van der Waals surface area contributed by atoms with Gasteiger partial charge in [0.25, 0.3) is 0 Å². The topological polar surface area (TPSA) is 55.5 Å². The standard InChI is InChI=1S/C13H20BrNO2S/c1-2-3-6-17-8-11(16)9-18-13-5-4-10(15)7-12(13)14/h4-5,7,11,16H,2-3,6,8-9,15H2,1H3. The fourth-order valence-corrected chi connectivity index (χ4v) is 2.90. The van der Waals surface area contributed by atoms with Gasteiger partial charge in [-0.25, -0.2) is 0 Å². The van der Waals surface area contributed by atoms with Crippen molar-refractivity contribution in [1.29, 1.82) is 0 Å². The molecule has 0 spiro atoms. The van der Waals surface area contributed by atoms with Gasteiger partial charge in [-0.1, -0.05) is 13.3 Å². The molecule has 3 nitrogen and oxygen atoms in total. The van der Waals surface area contributed by atoms with Gasteiger partial charge in [-0.2, -0.15) is 0 Å². The summed E-state index contributed by atoms with van der Waals surface area (Å²) in [5.41, 5.74) is 6.40. The highest BCUT2D eigenvalue weighted by Gasteiger charge is 2.07. The van der Waals surface area contributed by atoms with Crippen molar-refractivity contribution in [3.05, 3.63) is 22.7 Å². The molecule has 18 heavy (non-hydrogen) atoms. The molecule has 1 aromatic carbocycles. The number of hydrogen-bond donors (Lipinski definition) is 2. The van der Waals surface area contributed by atoms with E-state index in [1.54, 1.807) is 11.8 Å². The predicted octanol–water partition coefficient (Wildman–Crippen LogP) is 3.30. The van der Waals surface area contributed by atoms with Gasteiger partial charge in [0, 0.05) is 27.4 Å². The average molecular weight is 334 g/mol. The van der Waals surface area contributed by atoms with E-state index in [1.807, 2.05) is 18.2 Å². The summed E-state index contributed by atoms with van der Waals surface area (Å²) >= 11 is 5.05. The summed E-state index contributed by atoms with van der Waals surface area (Å²) in [6.45, 7) is 3.25. The van der Waals surface area contributed by atoms with Crippen molar-refractivity contribution in [3.63, 3.8) is 0 Å². The first kappa shape index (κ1) is 15.8. The Morgan fingerprint density at radius 3 is 2.94 bits per heavy atom. The number of hydrogen-bond acceptors (Lipinski definition) is 4. The van der Waals surface area contributed by atoms with E-state index in [0.717, 1.165) is 34.5 Å². The van der Waals surface area contributed by atoms with E-state index in [1.165, 1.54) is 0 Å². The second-order valence-corrected chi connectivity index (χ2v) is 6.00. The Bertz CT molecular complexity index is 363. The first-order valence-corrected chi connectivity index (χ1v) is 7.85. The molecule has 1 rings (SSSR count). The van der Waals surface area contributed by atoms with Gasteiger partial charge in [0.15, 0.2) is 0 Å². The molecule has 0 bridgehead atoms. The molecule has 0 aliphatic heterocycles. The summed E-state index contributed by atoms with van der Waals surface area (Å²) < 4.78 is 6.34. The number of nitrogens with two attached hydrogens (primary N) is 1. The molecular formula is C13H20BrNO2S. The Kier molecular flexibility index (Phi) is 7.74. The van der Waals surface area contributed by atoms with Crippen LogP contribution in [-0.4, -0.2) is 30.2 Å². The smallest absolute Gasteiger partial charge is 0.0867 e. The molecule has 102 valence electrons. The Balaban J connectivity index is 2.27. The number of rotatable bonds is 8. The summed E-state index contributed by atoms with van der Waals surface area (Å²) in [4.78, 5) is 1.08. The fraction of sp³-hybridized carbons (Fsp3) is 0.538. The third-order valence-corrected chi connectivity index (χ3v) is 4.48. The summed E-state index contributed by atoms with van der Waals surface area (Å²) in [6, 6.07) is 5.68. The molecule has 0 saturated heterocycles. The summed E-state index contributed by atoms with van der Waals surface area (Å²) in [7, 11) is 0. The molecule has 0 heterocycles. The normalized spacial score (nSPS) is 12.6. The minimum absolute atomic E-state index is 0.402. The van der Waals surface area contributed by atoms with Crippen LogP contribution in [-0.2, 0) is 4.74 Å². The van der Waals surface area contributed by atoms with Crippen LogP contribution in [0.1, 0.15) is 19.8 Å². The van der Waals surface area contributed by atoms with Crippen molar-refractivity contribution >= 4 is 33.4 Å². The van der Waals surface area contributed by atoms with E-state index in [9.17, 15) is 5.11 Å². The Morgan fingerprint density at radius 1 is 1.50 bits per heavy atom. The number of thioether (sulfide) groups is 1. The Hall–Kier alpha value is -0.230. The number of anilines is 1. The van der Waals surface area contributed by atoms with E-state index in [4.69, 9.17) is 10.5 Å². The number of aliphatic hydroxyl groups is 1. The maximum atomic E-state index is 9.77. The van der Waals surface area contributed by atoms with Gasteiger partial charge in [-0.15, -0.1) is 11.8 Å². The van der Waals surface area contributed by atoms with Crippen molar-refractivity contribution in [3.8, 4) is 0 Å². The van der Waals surface area contributed by atoms with E-state index in [2.05, 4.69) is 22.9 Å². The van der Waals surface area contributed by atoms with Crippen LogP contribution in [0.2, 0.25) is 0 Å². The van der Waals surface area contributed by atoms with Gasteiger partial charge in [-0.05, 0) is 40.5 Å². The maximum Gasteiger partial charge on any atom is 0.0867 e. The zero-order chi connectivity index (χ0) is 13.4. The van der Waals surface area contributed by atoms with Crippen molar-refractivity contribution in [2.24, 2.45) is 0 Å². The quantitative estimate of drug-likeness (QED) is 0.435. The number of nitrogen functional groups attached to an aromatic ring is 1. The van der Waals surface area contributed by atoms with Gasteiger partial charge in [-0.3, -0.25) is 0 Å². The van der Waals surface area contributed by atoms with Crippen molar-refractivity contribution in [2.45, 2.75) is 30.8 Å². The number of ether oxygens (including phenoxy) is 1. The van der Waals surface area contributed by atoms with Crippen LogP contribution >= 0.6 is 27.7 Å². The van der Waals surface area contributed by atoms with Gasteiger partial charge in [0.2, 0.25) is 0 Å². The monoisotopic (exact) mass is 333 g/mol. The highest BCUT2D eigenvalue weighted by atomic mass is 79.9. The van der Waals surface area contributed by atoms with Crippen molar-refractivity contribution < 1.29 is 9.84 Å². The molecular weight excluding hydrogens is 314 g/mol. The maximum absolute atomic E-state index is 9.77. The zero-order valence-electron chi connectivity index (χ0n) is 10.6. The highest BCUT2D eigenvalue weighted by molar-refractivity contribution is 9.10. The molecule has 0 fully saturated rings. The summed E-state index contributed by atoms with van der Waals surface area (Å²) in [6.07, 6.45) is 1.73. The lowest BCUT2D eigenvalue weighted by molar-refractivity contribution is 0.0473. The molecule has 5 heteroatoms. The lowest BCUT2D eigenvalue weighted by atomic mass is 10.3. The largest absolute Gasteiger partial charge is 0.399 e. The molecule has 1 atom stereocenters. The number of unbranched alkanes of at least 4 members (excludes halogenated alkanes) is 1. The molecule has 0 saturated carbocycles. The molecule has 1 aromatic rings. The summed E-state index contributed by atoms with van der Waals surface area (Å²) in [5.74, 6) is 0.620. The van der Waals surface area contributed by atoms with Crippen LogP contribution < -0.4 is 5.73 Å². The minimum Gasteiger partial charge on any atom is -0.399 e. The molecule has 0 aliphatic carbocycles. The predicted molar refractivity (Wildman–Crippen MR) is 81.0 cm³/mol. The number of benzene rings is 1. The van der Waals surface area contributed by atoms with E-state index < -0.39 is 6.10 Å². The molecule has 0 radical (unpaired) electrons. The van der Waals surface area contributed by atoms with Gasteiger partial charge < -0.3 is 15.6 Å². The van der Waals surface area contributed by atoms with Gasteiger partial charge in [0.05, 0.1) is 12.7 Å². The first-order valence-electron chi connectivity index (χ1n) is 6.07. The second kappa shape index (κ2) is 8.80. The van der Waals surface area contributed by atoms with Crippen LogP contribution in [0.15, 0.2) is 27.6 Å². The summed E-state index contributed by atoms with van der Waals surface area (Å²) in [5, 5.41) is 9.77. The first-order chi connectivity index (χ1) is 8.63. The van der Waals surface area contributed by atoms with Gasteiger partial charge in [0.1, 0.15) is 0 Å². The molecule has 0 aliphatic rings. The average Bonchev–Trinajstić information content (AvgIpc) is 2.33. The molecule has 0 amide bonds. The van der Waals surface area contributed by atoms with Crippen molar-refractivity contribution in [2.75, 3.05) is 24.7 Å². The molecule has 1 unspecified atom stereocenters. The van der Waals surface area contributed by atoms with Crippen LogP contribution in [0.5, 0.6) is 0 Å².